The van der Waals surface area contributed by atoms with Crippen molar-refractivity contribution in [3.05, 3.63) is 0 Å². The molecule has 0 N–H and O–H groups in total. The highest BCUT2D eigenvalue weighted by Crippen LogP contribution is 2.58. The lowest BCUT2D eigenvalue weighted by molar-refractivity contribution is -0.186. The molecule has 3 fully saturated rings. The molecule has 4 atom stereocenters. The summed E-state index contributed by atoms with van der Waals surface area (Å²) in [6, 6.07) is 0. The van der Waals surface area contributed by atoms with Crippen molar-refractivity contribution in [1.29, 1.82) is 0 Å². The summed E-state index contributed by atoms with van der Waals surface area (Å²) < 4.78 is 12.2. The molecule has 0 saturated heterocycles. The van der Waals surface area contributed by atoms with Gasteiger partial charge in [-0.25, -0.2) is 0 Å². The van der Waals surface area contributed by atoms with Crippen LogP contribution in [0, 0.1) is 23.2 Å². The Morgan fingerprint density at radius 3 is 2.14 bits per heavy atom. The van der Waals surface area contributed by atoms with E-state index in [0.29, 0.717) is 24.7 Å². The van der Waals surface area contributed by atoms with Gasteiger partial charge in [0.1, 0.15) is 11.2 Å². The van der Waals surface area contributed by atoms with Gasteiger partial charge < -0.3 is 9.47 Å². The molecule has 0 heterocycles. The summed E-state index contributed by atoms with van der Waals surface area (Å²) >= 11 is 0. The highest BCUT2D eigenvalue weighted by Gasteiger charge is 2.58. The van der Waals surface area contributed by atoms with Crippen LogP contribution in [0.25, 0.3) is 0 Å². The second-order valence-electron chi connectivity index (χ2n) is 10.6. The van der Waals surface area contributed by atoms with Crippen molar-refractivity contribution in [1.82, 2.24) is 0 Å². The monoisotopic (exact) mass is 392 g/mol. The minimum Gasteiger partial charge on any atom is -0.458 e. The second kappa shape index (κ2) is 7.99. The normalized spacial score (nSPS) is 32.3. The molecule has 3 saturated carbocycles. The van der Waals surface area contributed by atoms with E-state index < -0.39 is 11.0 Å². The Balaban J connectivity index is 1.69. The maximum Gasteiger partial charge on any atom is 0.312 e. The van der Waals surface area contributed by atoms with E-state index in [1.54, 1.807) is 0 Å². The maximum atomic E-state index is 13.1. The van der Waals surface area contributed by atoms with E-state index in [1.807, 2.05) is 34.6 Å². The SMILES string of the molecule is CCC(C)(CC(=O)OC1(C2CCCC2)CC2CCC1C2)OC(=O)C(C)(C)CC. The number of carbonyl (C=O) groups excluding carboxylic acids is 2. The molecular weight excluding hydrogens is 352 g/mol. The Bertz CT molecular complexity index is 591. The largest absolute Gasteiger partial charge is 0.458 e. The maximum absolute atomic E-state index is 13.1. The van der Waals surface area contributed by atoms with Crippen LogP contribution in [-0.2, 0) is 19.1 Å². The van der Waals surface area contributed by atoms with Crippen LogP contribution in [0.5, 0.6) is 0 Å². The molecule has 3 rings (SSSR count). The molecule has 0 aromatic carbocycles. The van der Waals surface area contributed by atoms with Gasteiger partial charge in [-0.2, -0.15) is 0 Å². The van der Waals surface area contributed by atoms with E-state index in [4.69, 9.17) is 9.47 Å². The molecule has 4 heteroatoms. The molecule has 28 heavy (non-hydrogen) atoms. The highest BCUT2D eigenvalue weighted by molar-refractivity contribution is 5.77. The van der Waals surface area contributed by atoms with E-state index in [1.165, 1.54) is 44.9 Å². The summed E-state index contributed by atoms with van der Waals surface area (Å²) in [5.41, 5.74) is -1.57. The molecule has 0 aromatic rings. The second-order valence-corrected chi connectivity index (χ2v) is 10.6. The third-order valence-corrected chi connectivity index (χ3v) is 8.23. The Hall–Kier alpha value is -1.06. The quantitative estimate of drug-likeness (QED) is 0.489. The Kier molecular flexibility index (Phi) is 6.18. The average Bonchev–Trinajstić information content (AvgIpc) is 3.38. The van der Waals surface area contributed by atoms with Crippen LogP contribution in [-0.4, -0.2) is 23.1 Å². The zero-order chi connectivity index (χ0) is 20.6. The minimum atomic E-state index is -0.797. The minimum absolute atomic E-state index is 0.154. The number of esters is 2. The number of fused-ring (bicyclic) bond motifs is 2. The van der Waals surface area contributed by atoms with Gasteiger partial charge in [0.2, 0.25) is 0 Å². The molecule has 3 aliphatic carbocycles. The first-order valence-corrected chi connectivity index (χ1v) is 11.6. The first-order valence-electron chi connectivity index (χ1n) is 11.6. The van der Waals surface area contributed by atoms with Gasteiger partial charge in [0, 0.05) is 0 Å². The summed E-state index contributed by atoms with van der Waals surface area (Å²) in [6.45, 7) is 9.63. The van der Waals surface area contributed by atoms with E-state index in [0.717, 1.165) is 12.3 Å². The standard InChI is InChI=1S/C24H40O4/c1-6-22(3,4)21(26)28-23(5,7-2)16-20(25)27-24(18-10-8-9-11-18)15-17-12-13-19(24)14-17/h17-19H,6-16H2,1-5H3. The van der Waals surface area contributed by atoms with Crippen molar-refractivity contribution >= 4 is 11.9 Å². The van der Waals surface area contributed by atoms with Crippen LogP contribution in [0.1, 0.15) is 105 Å². The van der Waals surface area contributed by atoms with Crippen molar-refractivity contribution in [2.75, 3.05) is 0 Å². The van der Waals surface area contributed by atoms with Crippen LogP contribution in [0.4, 0.5) is 0 Å². The van der Waals surface area contributed by atoms with Crippen LogP contribution < -0.4 is 0 Å². The smallest absolute Gasteiger partial charge is 0.312 e. The van der Waals surface area contributed by atoms with Crippen molar-refractivity contribution in [2.24, 2.45) is 23.2 Å². The zero-order valence-electron chi connectivity index (χ0n) is 18.6. The van der Waals surface area contributed by atoms with Crippen molar-refractivity contribution in [2.45, 2.75) is 116 Å². The number of ether oxygens (including phenoxy) is 2. The Morgan fingerprint density at radius 2 is 1.64 bits per heavy atom. The summed E-state index contributed by atoms with van der Waals surface area (Å²) in [5, 5.41) is 0. The third kappa shape index (κ3) is 4.11. The Morgan fingerprint density at radius 1 is 0.964 bits per heavy atom. The van der Waals surface area contributed by atoms with Gasteiger partial charge in [-0.15, -0.1) is 0 Å². The molecule has 0 spiro atoms. The number of hydrogen-bond acceptors (Lipinski definition) is 4. The van der Waals surface area contributed by atoms with E-state index >= 15 is 0 Å². The van der Waals surface area contributed by atoms with Gasteiger partial charge in [0.05, 0.1) is 11.8 Å². The summed E-state index contributed by atoms with van der Waals surface area (Å²) in [6.07, 6.45) is 11.2. The molecule has 4 unspecified atom stereocenters. The van der Waals surface area contributed by atoms with Crippen LogP contribution in [0.3, 0.4) is 0 Å². The fourth-order valence-corrected chi connectivity index (χ4v) is 5.74. The van der Waals surface area contributed by atoms with Gasteiger partial charge >= 0.3 is 11.9 Å². The molecule has 160 valence electrons. The molecule has 4 nitrogen and oxygen atoms in total. The van der Waals surface area contributed by atoms with Gasteiger partial charge in [0.25, 0.3) is 0 Å². The number of hydrogen-bond donors (Lipinski definition) is 0. The van der Waals surface area contributed by atoms with Gasteiger partial charge in [-0.3, -0.25) is 9.59 Å². The average molecular weight is 393 g/mol. The first kappa shape index (κ1) is 21.6. The summed E-state index contributed by atoms with van der Waals surface area (Å²) in [4.78, 5) is 25.7. The summed E-state index contributed by atoms with van der Waals surface area (Å²) in [5.74, 6) is 1.41. The topological polar surface area (TPSA) is 52.6 Å². The molecule has 0 aliphatic heterocycles. The van der Waals surface area contributed by atoms with Gasteiger partial charge in [-0.1, -0.05) is 26.7 Å². The predicted octanol–water partition coefficient (Wildman–Crippen LogP) is 5.82. The highest BCUT2D eigenvalue weighted by atomic mass is 16.6. The van der Waals surface area contributed by atoms with E-state index in [9.17, 15) is 9.59 Å². The van der Waals surface area contributed by atoms with E-state index in [-0.39, 0.29) is 24.0 Å². The first-order chi connectivity index (χ1) is 13.1. The molecule has 2 bridgehead atoms. The predicted molar refractivity (Wildman–Crippen MR) is 110 cm³/mol. The van der Waals surface area contributed by atoms with Crippen LogP contribution in [0.2, 0.25) is 0 Å². The van der Waals surface area contributed by atoms with Crippen LogP contribution >= 0.6 is 0 Å². The molecule has 0 radical (unpaired) electrons. The summed E-state index contributed by atoms with van der Waals surface area (Å²) in [7, 11) is 0. The third-order valence-electron chi connectivity index (χ3n) is 8.23. The molecular formula is C24H40O4. The van der Waals surface area contributed by atoms with Gasteiger partial charge in [0.15, 0.2) is 0 Å². The lowest BCUT2D eigenvalue weighted by Gasteiger charge is -2.43. The van der Waals surface area contributed by atoms with Crippen LogP contribution in [0.15, 0.2) is 0 Å². The van der Waals surface area contributed by atoms with Gasteiger partial charge in [-0.05, 0) is 89.9 Å². The number of rotatable bonds is 8. The zero-order valence-corrected chi connectivity index (χ0v) is 18.6. The molecule has 0 aromatic heterocycles. The fraction of sp³-hybridized carbons (Fsp3) is 0.917. The van der Waals surface area contributed by atoms with Crippen molar-refractivity contribution in [3.8, 4) is 0 Å². The molecule has 0 amide bonds. The molecule has 3 aliphatic rings. The van der Waals surface area contributed by atoms with Crippen molar-refractivity contribution in [3.63, 3.8) is 0 Å². The lowest BCUT2D eigenvalue weighted by atomic mass is 9.73. The number of carbonyl (C=O) groups is 2. The Labute approximate surface area is 171 Å². The fourth-order valence-electron chi connectivity index (χ4n) is 5.74. The lowest BCUT2D eigenvalue weighted by Crippen LogP contribution is -2.48. The van der Waals surface area contributed by atoms with Crippen molar-refractivity contribution < 1.29 is 19.1 Å². The van der Waals surface area contributed by atoms with E-state index in [2.05, 4.69) is 0 Å².